The molecule has 2 aromatic rings. The molecular formula is C26H37F2N2O4P. The molecule has 1 aliphatic rings. The maximum absolute atomic E-state index is 13.4. The maximum Gasteiger partial charge on any atom is 0.330 e. The summed E-state index contributed by atoms with van der Waals surface area (Å²) in [6, 6.07) is 12.5. The maximum atomic E-state index is 13.4. The van der Waals surface area contributed by atoms with Crippen LogP contribution in [0.25, 0.3) is 0 Å². The molecule has 1 saturated heterocycles. The van der Waals surface area contributed by atoms with E-state index in [1.54, 1.807) is 24.3 Å². The number of nitrogens with zero attached hydrogens (tertiary/aromatic N) is 2. The molecule has 35 heavy (non-hydrogen) atoms. The zero-order valence-corrected chi connectivity index (χ0v) is 21.6. The number of hydrogen-bond acceptors (Lipinski definition) is 6. The van der Waals surface area contributed by atoms with Crippen molar-refractivity contribution in [3.05, 3.63) is 71.3 Å². The second-order valence-electron chi connectivity index (χ2n) is 8.56. The highest BCUT2D eigenvalue weighted by Crippen LogP contribution is 2.48. The average molecular weight is 511 g/mol. The normalized spacial score (nSPS) is 15.7. The van der Waals surface area contributed by atoms with E-state index in [4.69, 9.17) is 13.8 Å². The Bertz CT molecular complexity index is 866. The van der Waals surface area contributed by atoms with Gasteiger partial charge in [-0.1, -0.05) is 24.3 Å². The summed E-state index contributed by atoms with van der Waals surface area (Å²) >= 11 is 0. The molecule has 1 heterocycles. The summed E-state index contributed by atoms with van der Waals surface area (Å²) in [5.41, 5.74) is 1.67. The van der Waals surface area contributed by atoms with Crippen LogP contribution in [0.5, 0.6) is 0 Å². The molecule has 0 bridgehead atoms. The topological polar surface area (TPSA) is 51.2 Å². The minimum absolute atomic E-state index is 0.303. The molecule has 0 aliphatic carbocycles. The fourth-order valence-electron chi connectivity index (χ4n) is 4.24. The standard InChI is InChI=1S/C26H37F2N2O4P/c1-3-33-35(31,34-4-2)21-5-14-29-15-17-30(18-16-29)19-20-32-26(22-6-10-24(27)11-7-22)23-8-12-25(28)13-9-23/h6-13,26H,3-5,14-21H2,1-2H3. The number of ether oxygens (including phenoxy) is 1. The van der Waals surface area contributed by atoms with E-state index in [1.807, 2.05) is 13.8 Å². The zero-order chi connectivity index (χ0) is 25.1. The van der Waals surface area contributed by atoms with Crippen molar-refractivity contribution in [3.63, 3.8) is 0 Å². The smallest absolute Gasteiger partial charge is 0.330 e. The number of benzene rings is 2. The Morgan fingerprint density at radius 3 is 1.71 bits per heavy atom. The van der Waals surface area contributed by atoms with E-state index in [-0.39, 0.29) is 17.7 Å². The molecule has 0 spiro atoms. The van der Waals surface area contributed by atoms with Crippen LogP contribution in [0.2, 0.25) is 0 Å². The summed E-state index contributed by atoms with van der Waals surface area (Å²) in [6.45, 7) is 10.3. The van der Waals surface area contributed by atoms with Gasteiger partial charge in [0, 0.05) is 32.7 Å². The highest BCUT2D eigenvalue weighted by atomic mass is 31.2. The highest BCUT2D eigenvalue weighted by Gasteiger charge is 2.24. The van der Waals surface area contributed by atoms with Crippen molar-refractivity contribution in [2.24, 2.45) is 0 Å². The predicted molar refractivity (Wildman–Crippen MR) is 134 cm³/mol. The Morgan fingerprint density at radius 2 is 1.26 bits per heavy atom. The first-order chi connectivity index (χ1) is 16.9. The minimum atomic E-state index is -2.98. The van der Waals surface area contributed by atoms with Crippen LogP contribution in [-0.2, 0) is 18.3 Å². The molecule has 1 aliphatic heterocycles. The van der Waals surface area contributed by atoms with Gasteiger partial charge in [0.25, 0.3) is 0 Å². The third kappa shape index (κ3) is 9.05. The van der Waals surface area contributed by atoms with Crippen LogP contribution < -0.4 is 0 Å². The first-order valence-corrected chi connectivity index (χ1v) is 14.1. The van der Waals surface area contributed by atoms with Crippen molar-refractivity contribution < 1.29 is 27.1 Å². The van der Waals surface area contributed by atoms with E-state index in [0.717, 1.165) is 56.8 Å². The third-order valence-corrected chi connectivity index (χ3v) is 8.23. The largest absolute Gasteiger partial charge is 0.367 e. The van der Waals surface area contributed by atoms with Gasteiger partial charge in [0.1, 0.15) is 17.7 Å². The molecule has 194 valence electrons. The molecule has 6 nitrogen and oxygen atoms in total. The van der Waals surface area contributed by atoms with Crippen LogP contribution in [0.4, 0.5) is 8.78 Å². The fourth-order valence-corrected chi connectivity index (χ4v) is 5.89. The second kappa shape index (κ2) is 14.2. The van der Waals surface area contributed by atoms with Gasteiger partial charge in [-0.2, -0.15) is 0 Å². The third-order valence-electron chi connectivity index (χ3n) is 6.06. The Kier molecular flexibility index (Phi) is 11.3. The lowest BCUT2D eigenvalue weighted by molar-refractivity contribution is 0.0452. The monoisotopic (exact) mass is 510 g/mol. The van der Waals surface area contributed by atoms with E-state index in [9.17, 15) is 13.3 Å². The van der Waals surface area contributed by atoms with Gasteiger partial charge in [-0.25, -0.2) is 8.78 Å². The number of halogens is 2. The molecule has 9 heteroatoms. The van der Waals surface area contributed by atoms with Gasteiger partial charge < -0.3 is 18.7 Å². The quantitative estimate of drug-likeness (QED) is 0.320. The van der Waals surface area contributed by atoms with Gasteiger partial charge in [-0.15, -0.1) is 0 Å². The summed E-state index contributed by atoms with van der Waals surface area (Å²) in [5, 5.41) is 0. The van der Waals surface area contributed by atoms with Gasteiger partial charge in [0.05, 0.1) is 26.0 Å². The summed E-state index contributed by atoms with van der Waals surface area (Å²) < 4.78 is 56.4. The van der Waals surface area contributed by atoms with Gasteiger partial charge in [-0.05, 0) is 62.2 Å². The predicted octanol–water partition coefficient (Wildman–Crippen LogP) is 5.34. The second-order valence-corrected chi connectivity index (χ2v) is 10.7. The summed E-state index contributed by atoms with van der Waals surface area (Å²) in [6.07, 6.45) is 0.831. The Labute approximate surface area is 207 Å². The zero-order valence-electron chi connectivity index (χ0n) is 20.7. The average Bonchev–Trinajstić information content (AvgIpc) is 2.85. The lowest BCUT2D eigenvalue weighted by atomic mass is 10.0. The Hall–Kier alpha value is -1.67. The van der Waals surface area contributed by atoms with E-state index in [1.165, 1.54) is 24.3 Å². The van der Waals surface area contributed by atoms with Crippen molar-refractivity contribution in [3.8, 4) is 0 Å². The molecule has 0 atom stereocenters. The van der Waals surface area contributed by atoms with E-state index >= 15 is 0 Å². The molecule has 0 aromatic heterocycles. The van der Waals surface area contributed by atoms with Crippen molar-refractivity contribution >= 4 is 7.60 Å². The van der Waals surface area contributed by atoms with Crippen molar-refractivity contribution in [2.75, 3.05) is 65.3 Å². The van der Waals surface area contributed by atoms with Crippen LogP contribution in [0.15, 0.2) is 48.5 Å². The van der Waals surface area contributed by atoms with E-state index in [2.05, 4.69) is 9.80 Å². The first kappa shape index (κ1) is 27.9. The van der Waals surface area contributed by atoms with Crippen molar-refractivity contribution in [1.29, 1.82) is 0 Å². The van der Waals surface area contributed by atoms with Gasteiger partial charge in [0.2, 0.25) is 0 Å². The van der Waals surface area contributed by atoms with Crippen molar-refractivity contribution in [1.82, 2.24) is 9.80 Å². The Morgan fingerprint density at radius 1 is 0.800 bits per heavy atom. The summed E-state index contributed by atoms with van der Waals surface area (Å²) in [4.78, 5) is 4.73. The van der Waals surface area contributed by atoms with E-state index < -0.39 is 7.60 Å². The summed E-state index contributed by atoms with van der Waals surface area (Å²) in [5.74, 6) is -0.605. The number of hydrogen-bond donors (Lipinski definition) is 0. The number of piperazine rings is 1. The molecule has 3 rings (SSSR count). The van der Waals surface area contributed by atoms with Crippen LogP contribution in [-0.4, -0.2) is 75.1 Å². The minimum Gasteiger partial charge on any atom is -0.367 e. The molecular weight excluding hydrogens is 473 g/mol. The molecule has 0 radical (unpaired) electrons. The lowest BCUT2D eigenvalue weighted by Crippen LogP contribution is -2.47. The van der Waals surface area contributed by atoms with Gasteiger partial charge >= 0.3 is 7.60 Å². The number of rotatable bonds is 14. The molecule has 0 N–H and O–H groups in total. The van der Waals surface area contributed by atoms with Crippen LogP contribution in [0.1, 0.15) is 37.5 Å². The van der Waals surface area contributed by atoms with Crippen LogP contribution in [0, 0.1) is 11.6 Å². The molecule has 2 aromatic carbocycles. The molecule has 0 saturated carbocycles. The van der Waals surface area contributed by atoms with Crippen molar-refractivity contribution in [2.45, 2.75) is 26.4 Å². The molecule has 0 amide bonds. The first-order valence-electron chi connectivity index (χ1n) is 12.4. The highest BCUT2D eigenvalue weighted by molar-refractivity contribution is 7.53. The SMILES string of the molecule is CCOP(=O)(CCCN1CCN(CCOC(c2ccc(F)cc2)c2ccc(F)cc2)CC1)OCC. The Balaban J connectivity index is 1.44. The van der Waals surface area contributed by atoms with E-state index in [0.29, 0.717) is 26.0 Å². The van der Waals surface area contributed by atoms with Gasteiger partial charge in [0.15, 0.2) is 0 Å². The van der Waals surface area contributed by atoms with Crippen LogP contribution in [0.3, 0.4) is 0 Å². The van der Waals surface area contributed by atoms with Crippen LogP contribution >= 0.6 is 7.60 Å². The molecule has 1 fully saturated rings. The van der Waals surface area contributed by atoms with Gasteiger partial charge in [-0.3, -0.25) is 9.46 Å². The lowest BCUT2D eigenvalue weighted by Gasteiger charge is -2.35. The summed E-state index contributed by atoms with van der Waals surface area (Å²) in [7, 11) is -2.98. The molecule has 0 unspecified atom stereocenters. The fraction of sp³-hybridized carbons (Fsp3) is 0.538.